The maximum atomic E-state index is 11.4. The summed E-state index contributed by atoms with van der Waals surface area (Å²) in [5.74, 6) is 0.575. The van der Waals surface area contributed by atoms with E-state index >= 15 is 0 Å². The molecule has 1 aromatic carbocycles. The number of hydrogen-bond acceptors (Lipinski definition) is 3. The van der Waals surface area contributed by atoms with E-state index in [1.165, 1.54) is 6.08 Å². The second-order valence-electron chi connectivity index (χ2n) is 4.59. The number of hydrogen-bond donors (Lipinski definition) is 2. The molecule has 104 valence electrons. The van der Waals surface area contributed by atoms with Crippen molar-refractivity contribution in [2.24, 2.45) is 0 Å². The van der Waals surface area contributed by atoms with Crippen LogP contribution in [0, 0.1) is 0 Å². The smallest absolute Gasteiger partial charge is 0.243 e. The van der Waals surface area contributed by atoms with Gasteiger partial charge >= 0.3 is 0 Å². The lowest BCUT2D eigenvalue weighted by Gasteiger charge is -2.12. The Labute approximate surface area is 114 Å². The van der Waals surface area contributed by atoms with Crippen LogP contribution in [0.3, 0.4) is 0 Å². The second-order valence-corrected chi connectivity index (χ2v) is 4.59. The van der Waals surface area contributed by atoms with Gasteiger partial charge in [0.25, 0.3) is 0 Å². The lowest BCUT2D eigenvalue weighted by molar-refractivity contribution is -0.116. The topological polar surface area (TPSA) is 64.3 Å². The molecule has 0 heterocycles. The van der Waals surface area contributed by atoms with Crippen molar-refractivity contribution in [3.63, 3.8) is 0 Å². The maximum Gasteiger partial charge on any atom is 0.243 e. The number of nitrogen functional groups attached to an aromatic ring is 1. The summed E-state index contributed by atoms with van der Waals surface area (Å²) in [6.45, 7) is 6.60. The first kappa shape index (κ1) is 15.1. The molecule has 0 saturated heterocycles. The highest BCUT2D eigenvalue weighted by molar-refractivity contribution is 5.91. The Hall–Kier alpha value is -1.97. The van der Waals surface area contributed by atoms with Gasteiger partial charge in [-0.15, -0.1) is 0 Å². The minimum atomic E-state index is -0.0945. The predicted octanol–water partition coefficient (Wildman–Crippen LogP) is 2.60. The zero-order valence-corrected chi connectivity index (χ0v) is 11.8. The normalized spacial score (nSPS) is 10.9. The number of anilines is 1. The van der Waals surface area contributed by atoms with Crippen molar-refractivity contribution in [2.45, 2.75) is 33.3 Å². The van der Waals surface area contributed by atoms with Crippen molar-refractivity contribution in [2.75, 3.05) is 12.3 Å². The number of carbonyl (C=O) groups is 1. The summed E-state index contributed by atoms with van der Waals surface area (Å²) < 4.78 is 5.55. The third kappa shape index (κ3) is 5.46. The molecule has 0 bridgehead atoms. The molecule has 0 unspecified atom stereocenters. The first-order valence-electron chi connectivity index (χ1n) is 6.55. The monoisotopic (exact) mass is 262 g/mol. The largest absolute Gasteiger partial charge is 0.489 e. The molecule has 0 aliphatic carbocycles. The number of nitrogens with two attached hydrogens (primary N) is 1. The van der Waals surface area contributed by atoms with Gasteiger partial charge in [0.05, 0.1) is 11.8 Å². The van der Waals surface area contributed by atoms with Gasteiger partial charge in [-0.1, -0.05) is 13.0 Å². The average Bonchev–Trinajstić information content (AvgIpc) is 2.36. The molecule has 0 aromatic heterocycles. The van der Waals surface area contributed by atoms with Gasteiger partial charge in [0.15, 0.2) is 0 Å². The van der Waals surface area contributed by atoms with Crippen molar-refractivity contribution in [3.8, 4) is 5.75 Å². The summed E-state index contributed by atoms with van der Waals surface area (Å²) in [7, 11) is 0. The summed E-state index contributed by atoms with van der Waals surface area (Å²) in [4.78, 5) is 11.4. The highest BCUT2D eigenvalue weighted by atomic mass is 16.5. The molecule has 19 heavy (non-hydrogen) atoms. The summed E-state index contributed by atoms with van der Waals surface area (Å²) in [6, 6.07) is 5.48. The van der Waals surface area contributed by atoms with E-state index < -0.39 is 0 Å². The summed E-state index contributed by atoms with van der Waals surface area (Å²) in [5, 5.41) is 2.77. The molecule has 3 N–H and O–H groups in total. The van der Waals surface area contributed by atoms with E-state index in [1.807, 2.05) is 32.9 Å². The van der Waals surface area contributed by atoms with Gasteiger partial charge in [-0.3, -0.25) is 4.79 Å². The maximum absolute atomic E-state index is 11.4. The van der Waals surface area contributed by atoms with Gasteiger partial charge in [-0.05, 0) is 44.0 Å². The Balaban J connectivity index is 2.67. The van der Waals surface area contributed by atoms with Crippen LogP contribution in [-0.4, -0.2) is 18.6 Å². The third-order valence-corrected chi connectivity index (χ3v) is 2.37. The Morgan fingerprint density at radius 1 is 1.47 bits per heavy atom. The highest BCUT2D eigenvalue weighted by Gasteiger charge is 2.03. The van der Waals surface area contributed by atoms with Gasteiger partial charge in [-0.25, -0.2) is 0 Å². The van der Waals surface area contributed by atoms with Gasteiger partial charge in [0.2, 0.25) is 5.91 Å². The zero-order valence-electron chi connectivity index (χ0n) is 11.8. The second kappa shape index (κ2) is 7.46. The minimum Gasteiger partial charge on any atom is -0.489 e. The summed E-state index contributed by atoms with van der Waals surface area (Å²) in [5.41, 5.74) is 7.35. The summed E-state index contributed by atoms with van der Waals surface area (Å²) >= 11 is 0. The van der Waals surface area contributed by atoms with Crippen LogP contribution in [0.5, 0.6) is 5.75 Å². The fourth-order valence-corrected chi connectivity index (χ4v) is 1.51. The van der Waals surface area contributed by atoms with E-state index in [9.17, 15) is 4.79 Å². The van der Waals surface area contributed by atoms with Crippen molar-refractivity contribution >= 4 is 17.7 Å². The number of amides is 1. The van der Waals surface area contributed by atoms with Gasteiger partial charge in [0, 0.05) is 12.6 Å². The first-order valence-corrected chi connectivity index (χ1v) is 6.55. The Morgan fingerprint density at radius 2 is 2.21 bits per heavy atom. The van der Waals surface area contributed by atoms with Gasteiger partial charge in [-0.2, -0.15) is 0 Å². The van der Waals surface area contributed by atoms with Crippen molar-refractivity contribution in [1.82, 2.24) is 5.32 Å². The van der Waals surface area contributed by atoms with E-state index in [2.05, 4.69) is 5.32 Å². The van der Waals surface area contributed by atoms with E-state index in [4.69, 9.17) is 10.5 Å². The Morgan fingerprint density at radius 3 is 2.79 bits per heavy atom. The highest BCUT2D eigenvalue weighted by Crippen LogP contribution is 2.24. The molecule has 0 aliphatic rings. The molecule has 1 aromatic rings. The fourth-order valence-electron chi connectivity index (χ4n) is 1.51. The van der Waals surface area contributed by atoms with Crippen molar-refractivity contribution < 1.29 is 9.53 Å². The van der Waals surface area contributed by atoms with Crippen LogP contribution in [0.4, 0.5) is 5.69 Å². The molecule has 0 radical (unpaired) electrons. The SMILES string of the molecule is CCCNC(=O)/C=C\c1ccc(OC(C)C)c(N)c1. The Bertz CT molecular complexity index is 453. The number of carbonyl (C=O) groups excluding carboxylic acids is 1. The molecule has 0 saturated carbocycles. The fraction of sp³-hybridized carbons (Fsp3) is 0.400. The van der Waals surface area contributed by atoms with Crippen LogP contribution in [0.2, 0.25) is 0 Å². The number of ether oxygens (including phenoxy) is 1. The van der Waals surface area contributed by atoms with Crippen LogP contribution in [0.25, 0.3) is 6.08 Å². The molecule has 0 fully saturated rings. The van der Waals surface area contributed by atoms with E-state index in [-0.39, 0.29) is 12.0 Å². The average molecular weight is 262 g/mol. The van der Waals surface area contributed by atoms with Crippen LogP contribution in [-0.2, 0) is 4.79 Å². The van der Waals surface area contributed by atoms with Crippen LogP contribution in [0.15, 0.2) is 24.3 Å². The number of rotatable bonds is 6. The molecular formula is C15H22N2O2. The van der Waals surface area contributed by atoms with Crippen LogP contribution in [0.1, 0.15) is 32.8 Å². The standard InChI is InChI=1S/C15H22N2O2/c1-4-9-17-15(18)8-6-12-5-7-14(13(16)10-12)19-11(2)3/h5-8,10-11H,4,9,16H2,1-3H3,(H,17,18)/b8-6-. The predicted molar refractivity (Wildman–Crippen MR) is 79.0 cm³/mol. The van der Waals surface area contributed by atoms with Gasteiger partial charge < -0.3 is 15.8 Å². The quantitative estimate of drug-likeness (QED) is 0.612. The number of nitrogens with one attached hydrogen (secondary N) is 1. The molecule has 0 atom stereocenters. The van der Waals surface area contributed by atoms with Crippen LogP contribution >= 0.6 is 0 Å². The van der Waals surface area contributed by atoms with Crippen molar-refractivity contribution in [1.29, 1.82) is 0 Å². The van der Waals surface area contributed by atoms with E-state index in [0.29, 0.717) is 18.0 Å². The lowest BCUT2D eigenvalue weighted by atomic mass is 10.1. The molecule has 1 rings (SSSR count). The number of benzene rings is 1. The van der Waals surface area contributed by atoms with Crippen molar-refractivity contribution in [3.05, 3.63) is 29.8 Å². The van der Waals surface area contributed by atoms with Crippen LogP contribution < -0.4 is 15.8 Å². The minimum absolute atomic E-state index is 0.0866. The molecule has 1 amide bonds. The lowest BCUT2D eigenvalue weighted by Crippen LogP contribution is -2.21. The molecule has 0 spiro atoms. The Kier molecular flexibility index (Phi) is 5.93. The van der Waals surface area contributed by atoms with E-state index in [1.54, 1.807) is 12.1 Å². The summed E-state index contributed by atoms with van der Waals surface area (Å²) in [6.07, 6.45) is 4.25. The molecular weight excluding hydrogens is 240 g/mol. The first-order chi connectivity index (χ1) is 9.02. The zero-order chi connectivity index (χ0) is 14.3. The third-order valence-electron chi connectivity index (χ3n) is 2.37. The molecule has 4 heteroatoms. The molecule has 0 aliphatic heterocycles. The van der Waals surface area contributed by atoms with E-state index in [0.717, 1.165) is 12.0 Å². The van der Waals surface area contributed by atoms with Gasteiger partial charge in [0.1, 0.15) is 5.75 Å². The molecule has 4 nitrogen and oxygen atoms in total.